The maximum atomic E-state index is 12.5. The number of esters is 1. The molecule has 0 spiro atoms. The van der Waals surface area contributed by atoms with E-state index in [2.05, 4.69) is 25.8 Å². The van der Waals surface area contributed by atoms with E-state index in [1.165, 1.54) is 11.8 Å². The third-order valence-corrected chi connectivity index (χ3v) is 5.64. The van der Waals surface area contributed by atoms with Crippen molar-refractivity contribution >= 4 is 40.7 Å². The van der Waals surface area contributed by atoms with Gasteiger partial charge < -0.3 is 4.74 Å². The highest BCUT2D eigenvalue weighted by atomic mass is 32.2. The second-order valence-corrected chi connectivity index (χ2v) is 9.04. The summed E-state index contributed by atoms with van der Waals surface area (Å²) in [5.41, 5.74) is 2.41. The number of carbonyl (C=O) groups excluding carboxylic acids is 2. The molecule has 1 N–H and O–H groups in total. The Morgan fingerprint density at radius 1 is 1.16 bits per heavy atom. The normalized spacial score (nSPS) is 17.1. The third-order valence-electron chi connectivity index (χ3n) is 4.88. The first kappa shape index (κ1) is 20.8. The molecule has 0 bridgehead atoms. The van der Waals surface area contributed by atoms with Gasteiger partial charge in [-0.05, 0) is 52.3 Å². The van der Waals surface area contributed by atoms with Gasteiger partial charge in [0.1, 0.15) is 11.6 Å². The van der Waals surface area contributed by atoms with E-state index in [0.717, 1.165) is 5.56 Å². The van der Waals surface area contributed by atoms with Gasteiger partial charge in [0.25, 0.3) is 5.91 Å². The molecular formula is C24H21N3O3S. The number of thioether (sulfide) groups is 1. The van der Waals surface area contributed by atoms with Crippen molar-refractivity contribution in [3.63, 3.8) is 0 Å². The first-order valence-electron chi connectivity index (χ1n) is 9.71. The van der Waals surface area contributed by atoms with Crippen LogP contribution in [0.25, 0.3) is 6.08 Å². The lowest BCUT2D eigenvalue weighted by Crippen LogP contribution is -2.35. The first-order valence-corrected chi connectivity index (χ1v) is 10.6. The van der Waals surface area contributed by atoms with E-state index >= 15 is 0 Å². The SMILES string of the molecule is CC(C)(C)c1ccc(C(=O)Oc2cccc(/C=C3/C(=N)N4C=CSC4=NC3=O)c2)cc1. The molecule has 7 heteroatoms. The third kappa shape index (κ3) is 4.36. The van der Waals surface area contributed by atoms with Crippen LogP contribution in [-0.4, -0.2) is 27.8 Å². The number of amides is 1. The molecule has 0 aliphatic carbocycles. The van der Waals surface area contributed by atoms with Gasteiger partial charge in [-0.15, -0.1) is 0 Å². The molecule has 0 aromatic heterocycles. The highest BCUT2D eigenvalue weighted by Gasteiger charge is 2.31. The number of ether oxygens (including phenoxy) is 1. The molecule has 0 unspecified atom stereocenters. The second kappa shape index (κ2) is 8.00. The minimum Gasteiger partial charge on any atom is -0.423 e. The maximum Gasteiger partial charge on any atom is 0.343 e. The molecule has 31 heavy (non-hydrogen) atoms. The Morgan fingerprint density at radius 2 is 1.90 bits per heavy atom. The van der Waals surface area contributed by atoms with Gasteiger partial charge in [0.15, 0.2) is 5.17 Å². The van der Waals surface area contributed by atoms with E-state index in [4.69, 9.17) is 10.1 Å². The number of benzene rings is 2. The summed E-state index contributed by atoms with van der Waals surface area (Å²) in [7, 11) is 0. The number of nitrogens with one attached hydrogen (secondary N) is 1. The average Bonchev–Trinajstić information content (AvgIpc) is 3.19. The molecule has 2 aliphatic heterocycles. The fourth-order valence-electron chi connectivity index (χ4n) is 3.14. The van der Waals surface area contributed by atoms with Gasteiger partial charge in [-0.2, -0.15) is 4.99 Å². The molecule has 6 nitrogen and oxygen atoms in total. The molecule has 1 amide bonds. The molecule has 2 aliphatic rings. The van der Waals surface area contributed by atoms with Gasteiger partial charge in [0.05, 0.1) is 11.1 Å². The molecule has 2 aromatic rings. The Balaban J connectivity index is 1.53. The van der Waals surface area contributed by atoms with Crippen LogP contribution in [0.4, 0.5) is 0 Å². The minimum absolute atomic E-state index is 0.00288. The van der Waals surface area contributed by atoms with Gasteiger partial charge in [-0.3, -0.25) is 15.1 Å². The van der Waals surface area contributed by atoms with Gasteiger partial charge in [0, 0.05) is 6.20 Å². The van der Waals surface area contributed by atoms with Crippen molar-refractivity contribution in [1.29, 1.82) is 5.41 Å². The van der Waals surface area contributed by atoms with Gasteiger partial charge >= 0.3 is 5.97 Å². The summed E-state index contributed by atoms with van der Waals surface area (Å²) in [5.74, 6) is -0.499. The highest BCUT2D eigenvalue weighted by molar-refractivity contribution is 8.16. The predicted molar refractivity (Wildman–Crippen MR) is 123 cm³/mol. The van der Waals surface area contributed by atoms with Crippen LogP contribution < -0.4 is 4.74 Å². The molecule has 0 saturated heterocycles. The summed E-state index contributed by atoms with van der Waals surface area (Å²) >= 11 is 1.30. The number of nitrogens with zero attached hydrogens (tertiary/aromatic N) is 2. The maximum absolute atomic E-state index is 12.5. The Morgan fingerprint density at radius 3 is 2.61 bits per heavy atom. The monoisotopic (exact) mass is 431 g/mol. The average molecular weight is 432 g/mol. The Labute approximate surface area is 184 Å². The first-order chi connectivity index (χ1) is 14.7. The summed E-state index contributed by atoms with van der Waals surface area (Å²) in [6.45, 7) is 6.34. The summed E-state index contributed by atoms with van der Waals surface area (Å²) in [6.07, 6.45) is 3.28. The van der Waals surface area contributed by atoms with E-state index in [9.17, 15) is 9.59 Å². The molecule has 2 aromatic carbocycles. The molecule has 2 heterocycles. The molecule has 0 fully saturated rings. The van der Waals surface area contributed by atoms with Crippen molar-refractivity contribution in [2.45, 2.75) is 26.2 Å². The van der Waals surface area contributed by atoms with Crippen molar-refractivity contribution < 1.29 is 14.3 Å². The molecule has 0 radical (unpaired) electrons. The van der Waals surface area contributed by atoms with Crippen LogP contribution in [0.2, 0.25) is 0 Å². The van der Waals surface area contributed by atoms with Crippen LogP contribution in [0.3, 0.4) is 0 Å². The van der Waals surface area contributed by atoms with Crippen molar-refractivity contribution in [2.24, 2.45) is 4.99 Å². The van der Waals surface area contributed by atoms with Gasteiger partial charge in [0.2, 0.25) is 0 Å². The van der Waals surface area contributed by atoms with E-state index in [1.54, 1.807) is 59.0 Å². The lowest BCUT2D eigenvalue weighted by molar-refractivity contribution is -0.114. The highest BCUT2D eigenvalue weighted by Crippen LogP contribution is 2.28. The molecular weight excluding hydrogens is 410 g/mol. The number of aliphatic imine (C=N–C) groups is 1. The number of fused-ring (bicyclic) bond motifs is 1. The summed E-state index contributed by atoms with van der Waals surface area (Å²) in [4.78, 5) is 30.5. The molecule has 0 atom stereocenters. The number of hydrogen-bond acceptors (Lipinski definition) is 5. The summed E-state index contributed by atoms with van der Waals surface area (Å²) < 4.78 is 5.52. The van der Waals surface area contributed by atoms with Crippen molar-refractivity contribution in [3.8, 4) is 5.75 Å². The topological polar surface area (TPSA) is 82.8 Å². The largest absolute Gasteiger partial charge is 0.423 e. The Kier molecular flexibility index (Phi) is 5.37. The predicted octanol–water partition coefficient (Wildman–Crippen LogP) is 4.98. The lowest BCUT2D eigenvalue weighted by Gasteiger charge is -2.22. The van der Waals surface area contributed by atoms with Crippen LogP contribution >= 0.6 is 11.8 Å². The fourth-order valence-corrected chi connectivity index (χ4v) is 3.84. The molecule has 4 rings (SSSR count). The summed E-state index contributed by atoms with van der Waals surface area (Å²) in [6, 6.07) is 14.2. The van der Waals surface area contributed by atoms with Crippen molar-refractivity contribution in [3.05, 3.63) is 82.4 Å². The molecule has 156 valence electrons. The van der Waals surface area contributed by atoms with Crippen molar-refractivity contribution in [1.82, 2.24) is 4.90 Å². The van der Waals surface area contributed by atoms with Crippen LogP contribution in [0.1, 0.15) is 42.3 Å². The van der Waals surface area contributed by atoms with Crippen LogP contribution in [0, 0.1) is 5.41 Å². The van der Waals surface area contributed by atoms with Gasteiger partial charge in [-0.25, -0.2) is 4.79 Å². The zero-order valence-corrected chi connectivity index (χ0v) is 18.2. The van der Waals surface area contributed by atoms with Crippen molar-refractivity contribution in [2.75, 3.05) is 0 Å². The lowest BCUT2D eigenvalue weighted by atomic mass is 9.87. The fraction of sp³-hybridized carbons (Fsp3) is 0.167. The summed E-state index contributed by atoms with van der Waals surface area (Å²) in [5, 5.41) is 10.6. The zero-order valence-electron chi connectivity index (χ0n) is 17.4. The van der Waals surface area contributed by atoms with Crippen LogP contribution in [0.15, 0.2) is 70.7 Å². The van der Waals surface area contributed by atoms with E-state index in [1.807, 2.05) is 12.1 Å². The number of amidine groups is 2. The van der Waals surface area contributed by atoms with E-state index < -0.39 is 11.9 Å². The number of carbonyl (C=O) groups is 2. The van der Waals surface area contributed by atoms with Crippen LogP contribution in [-0.2, 0) is 10.2 Å². The minimum atomic E-state index is -0.464. The number of rotatable bonds is 3. The second-order valence-electron chi connectivity index (χ2n) is 8.17. The standard InChI is InChI=1S/C24H21N3O3S/c1-24(2,3)17-9-7-16(8-10-17)22(29)30-18-6-4-5-15(13-18)14-19-20(25)27-11-12-31-23(27)26-21(19)28/h4-14,25H,1-3H3/b19-14-,25-20?. The molecule has 0 saturated carbocycles. The van der Waals surface area contributed by atoms with E-state index in [-0.39, 0.29) is 16.8 Å². The number of hydrogen-bond donors (Lipinski definition) is 1. The quantitative estimate of drug-likeness (QED) is 0.421. The smallest absolute Gasteiger partial charge is 0.343 e. The van der Waals surface area contributed by atoms with E-state index in [0.29, 0.717) is 22.0 Å². The Hall–Kier alpha value is -3.45. The zero-order chi connectivity index (χ0) is 22.2. The van der Waals surface area contributed by atoms with Crippen LogP contribution in [0.5, 0.6) is 5.75 Å². The Bertz CT molecular complexity index is 1170. The van der Waals surface area contributed by atoms with Gasteiger partial charge in [-0.1, -0.05) is 56.8 Å².